The zero-order valence-corrected chi connectivity index (χ0v) is 16.1. The van der Waals surface area contributed by atoms with Gasteiger partial charge in [0.2, 0.25) is 5.95 Å². The number of amides is 1. The average molecular weight is 404 g/mol. The first kappa shape index (κ1) is 17.7. The number of carbonyl (C=O) groups excluding carboxylic acids is 1. The van der Waals surface area contributed by atoms with Gasteiger partial charge < -0.3 is 15.1 Å². The lowest BCUT2D eigenvalue weighted by Crippen LogP contribution is -2.31. The van der Waals surface area contributed by atoms with Gasteiger partial charge in [-0.2, -0.15) is 4.98 Å². The Kier molecular flexibility index (Phi) is 5.53. The second-order valence-corrected chi connectivity index (χ2v) is 7.23. The Balaban J connectivity index is 1.84. The van der Waals surface area contributed by atoms with Crippen LogP contribution in [0.2, 0.25) is 0 Å². The van der Waals surface area contributed by atoms with Crippen molar-refractivity contribution in [3.8, 4) is 0 Å². The van der Waals surface area contributed by atoms with Gasteiger partial charge in [-0.05, 0) is 37.5 Å². The normalized spacial score (nSPS) is 14.3. The summed E-state index contributed by atoms with van der Waals surface area (Å²) in [5.74, 6) is 1.25. The first-order valence-corrected chi connectivity index (χ1v) is 9.20. The van der Waals surface area contributed by atoms with E-state index >= 15 is 0 Å². The summed E-state index contributed by atoms with van der Waals surface area (Å²) in [6.07, 6.45) is 5.30. The summed E-state index contributed by atoms with van der Waals surface area (Å²) in [7, 11) is 3.83. The zero-order valence-electron chi connectivity index (χ0n) is 14.5. The molecule has 2 heterocycles. The van der Waals surface area contributed by atoms with Gasteiger partial charge >= 0.3 is 0 Å². The molecule has 0 saturated carbocycles. The van der Waals surface area contributed by atoms with Crippen LogP contribution in [0.3, 0.4) is 0 Å². The van der Waals surface area contributed by atoms with Crippen LogP contribution in [0.1, 0.15) is 29.6 Å². The first-order chi connectivity index (χ1) is 12.0. The molecule has 7 heteroatoms. The lowest BCUT2D eigenvalue weighted by Gasteiger charge is -2.28. The van der Waals surface area contributed by atoms with Crippen LogP contribution in [-0.2, 0) is 0 Å². The highest BCUT2D eigenvalue weighted by molar-refractivity contribution is 9.10. The molecular formula is C18H22BrN5O. The number of nitrogens with one attached hydrogen (secondary N) is 1. The standard InChI is InChI=1S/C18H22BrN5O/c1-23(2)16-15(21-17(25)13-7-6-8-14(19)11-13)12-20-18(22-16)24-9-4-3-5-10-24/h6-8,11-12H,3-5,9-10H2,1-2H3,(H,21,25). The molecule has 6 nitrogen and oxygen atoms in total. The van der Waals surface area contributed by atoms with Crippen molar-refractivity contribution in [2.45, 2.75) is 19.3 Å². The van der Waals surface area contributed by atoms with E-state index in [0.717, 1.165) is 23.5 Å². The van der Waals surface area contributed by atoms with Crippen molar-refractivity contribution < 1.29 is 4.79 Å². The van der Waals surface area contributed by atoms with Crippen molar-refractivity contribution in [3.05, 3.63) is 40.5 Å². The monoisotopic (exact) mass is 403 g/mol. The van der Waals surface area contributed by atoms with Crippen LogP contribution < -0.4 is 15.1 Å². The van der Waals surface area contributed by atoms with E-state index in [1.807, 2.05) is 31.1 Å². The second-order valence-electron chi connectivity index (χ2n) is 6.31. The fraction of sp³-hybridized carbons (Fsp3) is 0.389. The van der Waals surface area contributed by atoms with E-state index in [-0.39, 0.29) is 5.91 Å². The minimum Gasteiger partial charge on any atom is -0.361 e. The molecule has 132 valence electrons. The van der Waals surface area contributed by atoms with Crippen LogP contribution >= 0.6 is 15.9 Å². The topological polar surface area (TPSA) is 61.4 Å². The predicted molar refractivity (Wildman–Crippen MR) is 105 cm³/mol. The molecule has 0 aliphatic carbocycles. The third-order valence-electron chi connectivity index (χ3n) is 4.15. The van der Waals surface area contributed by atoms with Crippen molar-refractivity contribution in [2.24, 2.45) is 0 Å². The molecule has 1 aromatic heterocycles. The second kappa shape index (κ2) is 7.82. The minimum atomic E-state index is -0.182. The van der Waals surface area contributed by atoms with Gasteiger partial charge in [0.25, 0.3) is 5.91 Å². The van der Waals surface area contributed by atoms with Crippen molar-refractivity contribution in [3.63, 3.8) is 0 Å². The maximum atomic E-state index is 12.5. The molecule has 0 unspecified atom stereocenters. The molecular weight excluding hydrogens is 382 g/mol. The summed E-state index contributed by atoms with van der Waals surface area (Å²) in [5, 5.41) is 2.92. The molecule has 1 amide bonds. The maximum absolute atomic E-state index is 12.5. The van der Waals surface area contributed by atoms with E-state index in [9.17, 15) is 4.79 Å². The SMILES string of the molecule is CN(C)c1nc(N2CCCCC2)ncc1NC(=O)c1cccc(Br)c1. The minimum absolute atomic E-state index is 0.182. The van der Waals surface area contributed by atoms with Crippen LogP contribution in [0, 0.1) is 0 Å². The molecule has 1 saturated heterocycles. The lowest BCUT2D eigenvalue weighted by atomic mass is 10.1. The Labute approximate surface area is 156 Å². The lowest BCUT2D eigenvalue weighted by molar-refractivity contribution is 0.102. The van der Waals surface area contributed by atoms with E-state index in [1.54, 1.807) is 18.3 Å². The highest BCUT2D eigenvalue weighted by Crippen LogP contribution is 2.26. The quantitative estimate of drug-likeness (QED) is 0.845. The summed E-state index contributed by atoms with van der Waals surface area (Å²) in [6, 6.07) is 7.28. The maximum Gasteiger partial charge on any atom is 0.255 e. The van der Waals surface area contributed by atoms with E-state index in [1.165, 1.54) is 19.3 Å². The smallest absolute Gasteiger partial charge is 0.255 e. The van der Waals surface area contributed by atoms with Gasteiger partial charge in [0.05, 0.1) is 6.20 Å². The third-order valence-corrected chi connectivity index (χ3v) is 4.65. The van der Waals surface area contributed by atoms with E-state index < -0.39 is 0 Å². The molecule has 1 aliphatic heterocycles. The molecule has 1 N–H and O–H groups in total. The number of hydrogen-bond donors (Lipinski definition) is 1. The summed E-state index contributed by atoms with van der Waals surface area (Å²) < 4.78 is 0.865. The van der Waals surface area contributed by atoms with E-state index in [2.05, 4.69) is 36.1 Å². The Morgan fingerprint density at radius 3 is 2.68 bits per heavy atom. The Bertz CT molecular complexity index is 759. The largest absolute Gasteiger partial charge is 0.361 e. The van der Waals surface area contributed by atoms with Crippen LogP contribution in [0.5, 0.6) is 0 Å². The van der Waals surface area contributed by atoms with Gasteiger partial charge in [-0.3, -0.25) is 4.79 Å². The summed E-state index contributed by atoms with van der Waals surface area (Å²) in [5.41, 5.74) is 1.19. The van der Waals surface area contributed by atoms with Crippen molar-refractivity contribution in [1.82, 2.24) is 9.97 Å². The number of nitrogens with zero attached hydrogens (tertiary/aromatic N) is 4. The van der Waals surface area contributed by atoms with Gasteiger partial charge in [0, 0.05) is 37.2 Å². The molecule has 2 aromatic rings. The Morgan fingerprint density at radius 2 is 2.00 bits per heavy atom. The van der Waals surface area contributed by atoms with Crippen LogP contribution in [0.15, 0.2) is 34.9 Å². The molecule has 3 rings (SSSR count). The molecule has 0 radical (unpaired) electrons. The number of benzene rings is 1. The summed E-state index contributed by atoms with van der Waals surface area (Å²) >= 11 is 3.39. The van der Waals surface area contributed by atoms with Gasteiger partial charge in [-0.1, -0.05) is 22.0 Å². The average Bonchev–Trinajstić information content (AvgIpc) is 2.62. The number of anilines is 3. The van der Waals surface area contributed by atoms with E-state index in [0.29, 0.717) is 17.1 Å². The van der Waals surface area contributed by atoms with E-state index in [4.69, 9.17) is 0 Å². The number of aromatic nitrogens is 2. The Morgan fingerprint density at radius 1 is 1.24 bits per heavy atom. The summed E-state index contributed by atoms with van der Waals surface area (Å²) in [4.78, 5) is 25.8. The van der Waals surface area contributed by atoms with Crippen molar-refractivity contribution in [1.29, 1.82) is 0 Å². The van der Waals surface area contributed by atoms with Crippen LogP contribution in [0.25, 0.3) is 0 Å². The summed E-state index contributed by atoms with van der Waals surface area (Å²) in [6.45, 7) is 1.97. The van der Waals surface area contributed by atoms with Crippen molar-refractivity contribution in [2.75, 3.05) is 42.3 Å². The number of halogens is 1. The number of hydrogen-bond acceptors (Lipinski definition) is 5. The third kappa shape index (κ3) is 4.28. The molecule has 25 heavy (non-hydrogen) atoms. The number of rotatable bonds is 4. The number of carbonyl (C=O) groups is 1. The molecule has 0 spiro atoms. The number of piperidine rings is 1. The fourth-order valence-electron chi connectivity index (χ4n) is 2.86. The first-order valence-electron chi connectivity index (χ1n) is 8.41. The van der Waals surface area contributed by atoms with Gasteiger partial charge in [0.1, 0.15) is 5.69 Å². The van der Waals surface area contributed by atoms with Crippen LogP contribution in [-0.4, -0.2) is 43.1 Å². The highest BCUT2D eigenvalue weighted by atomic mass is 79.9. The predicted octanol–water partition coefficient (Wildman–Crippen LogP) is 3.55. The van der Waals surface area contributed by atoms with Gasteiger partial charge in [-0.15, -0.1) is 0 Å². The molecule has 1 aromatic carbocycles. The zero-order chi connectivity index (χ0) is 17.8. The fourth-order valence-corrected chi connectivity index (χ4v) is 3.26. The van der Waals surface area contributed by atoms with Crippen LogP contribution in [0.4, 0.5) is 17.5 Å². The Hall–Kier alpha value is -2.15. The van der Waals surface area contributed by atoms with Crippen molar-refractivity contribution >= 4 is 39.3 Å². The molecule has 1 fully saturated rings. The van der Waals surface area contributed by atoms with Gasteiger partial charge in [-0.25, -0.2) is 4.98 Å². The molecule has 0 atom stereocenters. The molecule has 0 bridgehead atoms. The molecule has 1 aliphatic rings. The van der Waals surface area contributed by atoms with Gasteiger partial charge in [0.15, 0.2) is 5.82 Å². The highest BCUT2D eigenvalue weighted by Gasteiger charge is 2.18.